The molecule has 0 saturated heterocycles. The Hall–Kier alpha value is -2.65. The van der Waals surface area contributed by atoms with Crippen molar-refractivity contribution < 1.29 is 9.53 Å². The molecule has 1 unspecified atom stereocenters. The number of hydrogen-bond donors (Lipinski definition) is 0. The van der Waals surface area contributed by atoms with Gasteiger partial charge in [0.2, 0.25) is 0 Å². The number of carbonyl (C=O) groups excluding carboxylic acids is 1. The first-order chi connectivity index (χ1) is 12.7. The van der Waals surface area contributed by atoms with Crippen LogP contribution in [0.25, 0.3) is 6.08 Å². The van der Waals surface area contributed by atoms with E-state index in [4.69, 9.17) is 4.74 Å². The molecule has 1 atom stereocenters. The van der Waals surface area contributed by atoms with Crippen LogP contribution < -0.4 is 0 Å². The second-order valence-electron chi connectivity index (χ2n) is 6.76. The maximum absolute atomic E-state index is 12.5. The molecule has 0 amide bonds. The number of allylic oxidation sites excluding steroid dienone is 1. The molecule has 2 aliphatic heterocycles. The molecule has 2 aromatic rings. The average Bonchev–Trinajstić information content (AvgIpc) is 2.88. The van der Waals surface area contributed by atoms with E-state index in [1.807, 2.05) is 19.1 Å². The Balaban J connectivity index is 1.96. The van der Waals surface area contributed by atoms with E-state index < -0.39 is 0 Å². The van der Waals surface area contributed by atoms with Gasteiger partial charge in [-0.1, -0.05) is 60.7 Å². The molecule has 0 aromatic heterocycles. The molecule has 26 heavy (non-hydrogen) atoms. The zero-order valence-electron chi connectivity index (χ0n) is 15.2. The van der Waals surface area contributed by atoms with Gasteiger partial charge >= 0.3 is 5.97 Å². The van der Waals surface area contributed by atoms with Crippen molar-refractivity contribution >= 4 is 12.0 Å². The van der Waals surface area contributed by atoms with Crippen LogP contribution in [0, 0.1) is 0 Å². The Morgan fingerprint density at radius 2 is 1.85 bits per heavy atom. The van der Waals surface area contributed by atoms with Gasteiger partial charge in [-0.2, -0.15) is 0 Å². The standard InChI is InChI=1S/C23H23NO2/c1-3-13-23-20-11-7-5-9-17(20)14-19(22(25)26-4-2)16-24(23)15-18-10-6-8-12-21(18)23/h3,5-14H,4,15-16H2,1-2H3/b13-3+. The number of rotatable bonds is 3. The first kappa shape index (κ1) is 16.8. The fourth-order valence-electron chi connectivity index (χ4n) is 4.31. The summed E-state index contributed by atoms with van der Waals surface area (Å²) in [6, 6.07) is 16.9. The Bertz CT molecular complexity index is 912. The van der Waals surface area contributed by atoms with Gasteiger partial charge in [-0.3, -0.25) is 4.90 Å². The van der Waals surface area contributed by atoms with E-state index in [-0.39, 0.29) is 11.5 Å². The van der Waals surface area contributed by atoms with Crippen LogP contribution in [-0.2, 0) is 21.6 Å². The van der Waals surface area contributed by atoms with Crippen molar-refractivity contribution in [3.63, 3.8) is 0 Å². The third kappa shape index (κ3) is 2.43. The summed E-state index contributed by atoms with van der Waals surface area (Å²) in [7, 11) is 0. The highest BCUT2D eigenvalue weighted by atomic mass is 16.5. The topological polar surface area (TPSA) is 29.5 Å². The minimum atomic E-state index is -0.354. The Kier molecular flexibility index (Phi) is 4.25. The Morgan fingerprint density at radius 1 is 1.12 bits per heavy atom. The number of benzene rings is 2. The lowest BCUT2D eigenvalue weighted by molar-refractivity contribution is -0.138. The Morgan fingerprint density at radius 3 is 2.62 bits per heavy atom. The summed E-state index contributed by atoms with van der Waals surface area (Å²) in [6.45, 7) is 5.66. The van der Waals surface area contributed by atoms with Crippen molar-refractivity contribution in [3.05, 3.63) is 88.5 Å². The SMILES string of the molecule is C/C=C/C12c3ccccc3C=C(C(=O)OCC)CN1Cc1ccccc12. The first-order valence-corrected chi connectivity index (χ1v) is 9.15. The normalized spacial score (nSPS) is 21.5. The molecule has 2 aliphatic rings. The van der Waals surface area contributed by atoms with Gasteiger partial charge in [0.25, 0.3) is 0 Å². The van der Waals surface area contributed by atoms with Crippen LogP contribution >= 0.6 is 0 Å². The minimum absolute atomic E-state index is 0.227. The fourth-order valence-corrected chi connectivity index (χ4v) is 4.31. The van der Waals surface area contributed by atoms with Crippen LogP contribution in [-0.4, -0.2) is 24.0 Å². The van der Waals surface area contributed by atoms with Gasteiger partial charge in [0.1, 0.15) is 0 Å². The molecule has 4 rings (SSSR count). The van der Waals surface area contributed by atoms with Crippen LogP contribution in [0.4, 0.5) is 0 Å². The monoisotopic (exact) mass is 345 g/mol. The van der Waals surface area contributed by atoms with Crippen molar-refractivity contribution in [2.75, 3.05) is 13.2 Å². The molecule has 0 N–H and O–H groups in total. The van der Waals surface area contributed by atoms with E-state index in [1.165, 1.54) is 16.7 Å². The molecule has 0 saturated carbocycles. The predicted molar refractivity (Wildman–Crippen MR) is 103 cm³/mol. The van der Waals surface area contributed by atoms with Crippen molar-refractivity contribution in [2.24, 2.45) is 0 Å². The van der Waals surface area contributed by atoms with E-state index in [0.717, 1.165) is 12.1 Å². The number of carbonyl (C=O) groups is 1. The molecule has 0 aliphatic carbocycles. The van der Waals surface area contributed by atoms with Crippen LogP contribution in [0.2, 0.25) is 0 Å². The van der Waals surface area contributed by atoms with Gasteiger partial charge in [0.15, 0.2) is 0 Å². The molecule has 0 spiro atoms. The third-order valence-corrected chi connectivity index (χ3v) is 5.30. The summed E-state index contributed by atoms with van der Waals surface area (Å²) in [4.78, 5) is 14.9. The van der Waals surface area contributed by atoms with Gasteiger partial charge in [0, 0.05) is 13.1 Å². The lowest BCUT2D eigenvalue weighted by atomic mass is 9.80. The molecular weight excluding hydrogens is 322 g/mol. The Labute approximate surface area is 154 Å². The highest BCUT2D eigenvalue weighted by molar-refractivity contribution is 5.95. The summed E-state index contributed by atoms with van der Waals surface area (Å²) >= 11 is 0. The zero-order chi connectivity index (χ0) is 18.1. The second kappa shape index (κ2) is 6.58. The number of hydrogen-bond acceptors (Lipinski definition) is 3. The zero-order valence-corrected chi connectivity index (χ0v) is 15.2. The lowest BCUT2D eigenvalue weighted by Crippen LogP contribution is -2.41. The maximum atomic E-state index is 12.5. The lowest BCUT2D eigenvalue weighted by Gasteiger charge is -2.37. The minimum Gasteiger partial charge on any atom is -0.463 e. The van der Waals surface area contributed by atoms with Gasteiger partial charge in [-0.05, 0) is 42.2 Å². The molecule has 0 fully saturated rings. The molecule has 0 radical (unpaired) electrons. The molecule has 0 bridgehead atoms. The maximum Gasteiger partial charge on any atom is 0.335 e. The number of ether oxygens (including phenoxy) is 1. The largest absolute Gasteiger partial charge is 0.463 e. The average molecular weight is 345 g/mol. The van der Waals surface area contributed by atoms with E-state index in [9.17, 15) is 4.79 Å². The first-order valence-electron chi connectivity index (χ1n) is 9.15. The highest BCUT2D eigenvalue weighted by Gasteiger charge is 2.47. The summed E-state index contributed by atoms with van der Waals surface area (Å²) in [6.07, 6.45) is 6.38. The summed E-state index contributed by atoms with van der Waals surface area (Å²) < 4.78 is 5.32. The van der Waals surface area contributed by atoms with Gasteiger partial charge < -0.3 is 4.74 Å². The van der Waals surface area contributed by atoms with Crippen molar-refractivity contribution in [1.29, 1.82) is 0 Å². The molecule has 3 heteroatoms. The third-order valence-electron chi connectivity index (χ3n) is 5.30. The summed E-state index contributed by atoms with van der Waals surface area (Å²) in [5.41, 5.74) is 5.25. The van der Waals surface area contributed by atoms with Crippen molar-refractivity contribution in [2.45, 2.75) is 25.9 Å². The molecule has 132 valence electrons. The molecule has 3 nitrogen and oxygen atoms in total. The number of nitrogens with zero attached hydrogens (tertiary/aromatic N) is 1. The van der Waals surface area contributed by atoms with E-state index in [0.29, 0.717) is 18.7 Å². The smallest absolute Gasteiger partial charge is 0.335 e. The van der Waals surface area contributed by atoms with Gasteiger partial charge in [0.05, 0.1) is 17.7 Å². The van der Waals surface area contributed by atoms with E-state index >= 15 is 0 Å². The van der Waals surface area contributed by atoms with Gasteiger partial charge in [-0.15, -0.1) is 0 Å². The van der Waals surface area contributed by atoms with Crippen molar-refractivity contribution in [1.82, 2.24) is 4.90 Å². The predicted octanol–water partition coefficient (Wildman–Crippen LogP) is 4.28. The summed E-state index contributed by atoms with van der Waals surface area (Å²) in [5.74, 6) is -0.227. The van der Waals surface area contributed by atoms with E-state index in [2.05, 4.69) is 66.4 Å². The highest BCUT2D eigenvalue weighted by Crippen LogP contribution is 2.48. The quantitative estimate of drug-likeness (QED) is 0.614. The van der Waals surface area contributed by atoms with Crippen LogP contribution in [0.15, 0.2) is 66.3 Å². The van der Waals surface area contributed by atoms with Gasteiger partial charge in [-0.25, -0.2) is 4.79 Å². The van der Waals surface area contributed by atoms with Crippen LogP contribution in [0.3, 0.4) is 0 Å². The van der Waals surface area contributed by atoms with Crippen LogP contribution in [0.1, 0.15) is 36.1 Å². The van der Waals surface area contributed by atoms with Crippen LogP contribution in [0.5, 0.6) is 0 Å². The second-order valence-corrected chi connectivity index (χ2v) is 6.76. The fraction of sp³-hybridized carbons (Fsp3) is 0.261. The summed E-state index contributed by atoms with van der Waals surface area (Å²) in [5, 5.41) is 0. The van der Waals surface area contributed by atoms with E-state index in [1.54, 1.807) is 0 Å². The number of fused-ring (bicyclic) bond motifs is 5. The van der Waals surface area contributed by atoms with Crippen molar-refractivity contribution in [3.8, 4) is 0 Å². The number of esters is 1. The molecule has 2 aromatic carbocycles. The molecular formula is C23H23NO2. The molecule has 2 heterocycles.